The van der Waals surface area contributed by atoms with Crippen molar-refractivity contribution in [3.8, 4) is 0 Å². The van der Waals surface area contributed by atoms with Crippen molar-refractivity contribution in [1.29, 1.82) is 0 Å². The van der Waals surface area contributed by atoms with Gasteiger partial charge in [-0.15, -0.1) is 0 Å². The van der Waals surface area contributed by atoms with Gasteiger partial charge in [-0.3, -0.25) is 9.59 Å². The number of hydrogen-bond donors (Lipinski definition) is 1. The van der Waals surface area contributed by atoms with Crippen molar-refractivity contribution in [3.63, 3.8) is 0 Å². The van der Waals surface area contributed by atoms with Crippen molar-refractivity contribution in [3.05, 3.63) is 0 Å². The zero-order valence-corrected chi connectivity index (χ0v) is 12.9. The second-order valence-electron chi connectivity index (χ2n) is 7.37. The van der Waals surface area contributed by atoms with Crippen LogP contribution in [0.3, 0.4) is 0 Å². The van der Waals surface area contributed by atoms with Crippen molar-refractivity contribution in [2.75, 3.05) is 13.1 Å². The Morgan fingerprint density at radius 1 is 0.857 bits per heavy atom. The summed E-state index contributed by atoms with van der Waals surface area (Å²) in [5.74, 6) is -1.35. The van der Waals surface area contributed by atoms with E-state index in [9.17, 15) is 9.59 Å². The fourth-order valence-electron chi connectivity index (χ4n) is 4.60. The summed E-state index contributed by atoms with van der Waals surface area (Å²) in [5.41, 5.74) is 0.485. The number of aliphatic carboxylic acids is 1. The first-order chi connectivity index (χ1) is 10.1. The predicted molar refractivity (Wildman–Crippen MR) is 79.8 cm³/mol. The van der Waals surface area contributed by atoms with E-state index >= 15 is 0 Å². The largest absolute Gasteiger partial charge is 0.481 e. The number of carboxylic acids is 1. The van der Waals surface area contributed by atoms with Crippen LogP contribution in [-0.2, 0) is 9.59 Å². The lowest BCUT2D eigenvalue weighted by Crippen LogP contribution is -2.46. The Kier molecular flexibility index (Phi) is 4.23. The summed E-state index contributed by atoms with van der Waals surface area (Å²) in [6.07, 6.45) is 11.6. The molecule has 1 spiro atoms. The lowest BCUT2D eigenvalue weighted by Gasteiger charge is -2.38. The number of likely N-dealkylation sites (tertiary alicyclic amines) is 1. The predicted octanol–water partition coefficient (Wildman–Crippen LogP) is 3.06. The van der Waals surface area contributed by atoms with Crippen molar-refractivity contribution in [1.82, 2.24) is 4.90 Å². The molecule has 2 unspecified atom stereocenters. The van der Waals surface area contributed by atoms with E-state index in [1.165, 1.54) is 38.5 Å². The summed E-state index contributed by atoms with van der Waals surface area (Å²) in [4.78, 5) is 25.7. The number of carbonyl (C=O) groups is 2. The highest BCUT2D eigenvalue weighted by molar-refractivity contribution is 5.86. The van der Waals surface area contributed by atoms with Crippen molar-refractivity contribution in [2.45, 2.75) is 64.2 Å². The van der Waals surface area contributed by atoms with Gasteiger partial charge in [-0.25, -0.2) is 0 Å². The Morgan fingerprint density at radius 2 is 1.52 bits per heavy atom. The molecule has 4 heteroatoms. The Bertz CT molecular complexity index is 414. The van der Waals surface area contributed by atoms with E-state index in [1.54, 1.807) is 0 Å². The average Bonchev–Trinajstić information content (AvgIpc) is 2.61. The molecule has 0 aromatic carbocycles. The summed E-state index contributed by atoms with van der Waals surface area (Å²) in [6, 6.07) is 0. The van der Waals surface area contributed by atoms with Gasteiger partial charge < -0.3 is 10.0 Å². The summed E-state index contributed by atoms with van der Waals surface area (Å²) in [7, 11) is 0. The van der Waals surface area contributed by atoms with Crippen molar-refractivity contribution < 1.29 is 14.7 Å². The number of hydrogen-bond acceptors (Lipinski definition) is 2. The van der Waals surface area contributed by atoms with Crippen molar-refractivity contribution in [2.24, 2.45) is 17.3 Å². The van der Waals surface area contributed by atoms with Gasteiger partial charge in [-0.05, 0) is 50.4 Å². The molecule has 1 amide bonds. The van der Waals surface area contributed by atoms with Gasteiger partial charge in [0, 0.05) is 13.1 Å². The molecular weight excluding hydrogens is 266 g/mol. The second kappa shape index (κ2) is 5.98. The van der Waals surface area contributed by atoms with Gasteiger partial charge in [0.25, 0.3) is 0 Å². The van der Waals surface area contributed by atoms with E-state index in [1.807, 2.05) is 4.90 Å². The Morgan fingerprint density at radius 3 is 2.14 bits per heavy atom. The highest BCUT2D eigenvalue weighted by Crippen LogP contribution is 2.45. The Hall–Kier alpha value is -1.06. The molecule has 3 rings (SSSR count). The lowest BCUT2D eigenvalue weighted by atomic mass is 9.69. The van der Waals surface area contributed by atoms with Crippen LogP contribution in [0.2, 0.25) is 0 Å². The standard InChI is InChI=1S/C17H27NO3/c19-15(13-5-6-14(13)16(20)21)18-11-4-9-17(10-12-18)7-2-1-3-8-17/h13-14H,1-12H2,(H,20,21). The molecule has 0 bridgehead atoms. The van der Waals surface area contributed by atoms with Gasteiger partial charge in [0.15, 0.2) is 0 Å². The molecule has 118 valence electrons. The fraction of sp³-hybridized carbons (Fsp3) is 0.882. The van der Waals surface area contributed by atoms with Crippen LogP contribution in [-0.4, -0.2) is 35.0 Å². The molecule has 0 radical (unpaired) electrons. The maximum Gasteiger partial charge on any atom is 0.307 e. The molecular formula is C17H27NO3. The third kappa shape index (κ3) is 2.95. The van der Waals surface area contributed by atoms with E-state index in [0.29, 0.717) is 11.8 Å². The van der Waals surface area contributed by atoms with Crippen LogP contribution in [0.5, 0.6) is 0 Å². The number of amides is 1. The van der Waals surface area contributed by atoms with Gasteiger partial charge in [0.2, 0.25) is 5.91 Å². The van der Waals surface area contributed by atoms with Crippen LogP contribution < -0.4 is 0 Å². The Labute approximate surface area is 126 Å². The molecule has 1 aliphatic heterocycles. The summed E-state index contributed by atoms with van der Waals surface area (Å²) < 4.78 is 0. The second-order valence-corrected chi connectivity index (χ2v) is 7.37. The number of nitrogens with zero attached hydrogens (tertiary/aromatic N) is 1. The average molecular weight is 293 g/mol. The molecule has 1 saturated heterocycles. The SMILES string of the molecule is O=C(O)C1CCC1C(=O)N1CCCC2(CCCCC2)CC1. The topological polar surface area (TPSA) is 57.6 Å². The first-order valence-corrected chi connectivity index (χ1v) is 8.63. The molecule has 0 aromatic heterocycles. The fourth-order valence-corrected chi connectivity index (χ4v) is 4.60. The third-order valence-electron chi connectivity index (χ3n) is 6.18. The molecule has 4 nitrogen and oxygen atoms in total. The maximum absolute atomic E-state index is 12.6. The summed E-state index contributed by atoms with van der Waals surface area (Å²) >= 11 is 0. The van der Waals surface area contributed by atoms with Crippen LogP contribution in [0.15, 0.2) is 0 Å². The molecule has 2 aliphatic carbocycles. The Balaban J connectivity index is 1.59. The molecule has 2 saturated carbocycles. The van der Waals surface area contributed by atoms with Gasteiger partial charge >= 0.3 is 5.97 Å². The van der Waals surface area contributed by atoms with E-state index < -0.39 is 11.9 Å². The van der Waals surface area contributed by atoms with Gasteiger partial charge in [0.1, 0.15) is 0 Å². The van der Waals surface area contributed by atoms with Gasteiger partial charge in [0.05, 0.1) is 11.8 Å². The zero-order chi connectivity index (χ0) is 14.9. The van der Waals surface area contributed by atoms with Gasteiger partial charge in [-0.2, -0.15) is 0 Å². The third-order valence-corrected chi connectivity index (χ3v) is 6.18. The molecule has 0 aromatic rings. The minimum absolute atomic E-state index is 0.113. The highest BCUT2D eigenvalue weighted by Gasteiger charge is 2.44. The van der Waals surface area contributed by atoms with Crippen LogP contribution in [0, 0.1) is 17.3 Å². The highest BCUT2D eigenvalue weighted by atomic mass is 16.4. The smallest absolute Gasteiger partial charge is 0.307 e. The van der Waals surface area contributed by atoms with Gasteiger partial charge in [-0.1, -0.05) is 19.3 Å². The van der Waals surface area contributed by atoms with Crippen LogP contribution >= 0.6 is 0 Å². The zero-order valence-electron chi connectivity index (χ0n) is 12.9. The van der Waals surface area contributed by atoms with E-state index in [-0.39, 0.29) is 11.8 Å². The van der Waals surface area contributed by atoms with Crippen LogP contribution in [0.1, 0.15) is 64.2 Å². The first kappa shape index (κ1) is 14.9. The quantitative estimate of drug-likeness (QED) is 0.851. The molecule has 1 heterocycles. The molecule has 3 fully saturated rings. The van der Waals surface area contributed by atoms with Crippen molar-refractivity contribution >= 4 is 11.9 Å². The first-order valence-electron chi connectivity index (χ1n) is 8.63. The number of rotatable bonds is 2. The van der Waals surface area contributed by atoms with Crippen LogP contribution in [0.25, 0.3) is 0 Å². The summed E-state index contributed by atoms with van der Waals surface area (Å²) in [6.45, 7) is 1.69. The molecule has 2 atom stereocenters. The van der Waals surface area contributed by atoms with Crippen LogP contribution in [0.4, 0.5) is 0 Å². The minimum atomic E-state index is -0.793. The van der Waals surface area contributed by atoms with E-state index in [4.69, 9.17) is 5.11 Å². The maximum atomic E-state index is 12.6. The number of carbonyl (C=O) groups excluding carboxylic acids is 1. The van der Waals surface area contributed by atoms with E-state index in [0.717, 1.165) is 32.4 Å². The minimum Gasteiger partial charge on any atom is -0.481 e. The molecule has 21 heavy (non-hydrogen) atoms. The lowest BCUT2D eigenvalue weighted by molar-refractivity contribution is -0.156. The molecule has 3 aliphatic rings. The monoisotopic (exact) mass is 293 g/mol. The molecule has 1 N–H and O–H groups in total. The summed E-state index contributed by atoms with van der Waals surface area (Å²) in [5, 5.41) is 9.13. The normalized spacial score (nSPS) is 32.3. The number of carboxylic acid groups (broad SMARTS) is 1. The van der Waals surface area contributed by atoms with E-state index in [2.05, 4.69) is 0 Å².